The van der Waals surface area contributed by atoms with Crippen molar-refractivity contribution < 1.29 is 26.4 Å². The second-order valence-corrected chi connectivity index (χ2v) is 9.38. The van der Waals surface area contributed by atoms with Crippen LogP contribution in [0.4, 0.5) is 18.9 Å². The van der Waals surface area contributed by atoms with Crippen LogP contribution in [-0.2, 0) is 16.6 Å². The van der Waals surface area contributed by atoms with E-state index in [1.807, 2.05) is 0 Å². The summed E-state index contributed by atoms with van der Waals surface area (Å²) in [5, 5.41) is 11.9. The van der Waals surface area contributed by atoms with Gasteiger partial charge in [0, 0.05) is 48.8 Å². The number of nitrogens with two attached hydrogens (primary N) is 1. The molecule has 8 nitrogen and oxygen atoms in total. The summed E-state index contributed by atoms with van der Waals surface area (Å²) in [5.74, 6) is -3.95. The molecule has 0 radical (unpaired) electrons. The molecular formula is C20H20F3N5O3S. The third kappa shape index (κ3) is 4.75. The molecule has 1 aromatic carbocycles. The van der Waals surface area contributed by atoms with Crippen LogP contribution in [0.2, 0.25) is 0 Å². The van der Waals surface area contributed by atoms with Crippen LogP contribution >= 0.6 is 0 Å². The van der Waals surface area contributed by atoms with Gasteiger partial charge in [0.05, 0.1) is 5.52 Å². The summed E-state index contributed by atoms with van der Waals surface area (Å²) in [7, 11) is -4.07. The normalized spacial score (nSPS) is 16.9. The number of fused-ring (bicyclic) bond motifs is 1. The van der Waals surface area contributed by atoms with Gasteiger partial charge in [0.1, 0.15) is 11.5 Å². The zero-order chi connectivity index (χ0) is 23.1. The van der Waals surface area contributed by atoms with Crippen molar-refractivity contribution in [2.75, 3.05) is 5.32 Å². The van der Waals surface area contributed by atoms with Gasteiger partial charge in [0.15, 0.2) is 5.03 Å². The van der Waals surface area contributed by atoms with Gasteiger partial charge in [-0.2, -0.15) is 5.10 Å². The molecule has 170 valence electrons. The van der Waals surface area contributed by atoms with Gasteiger partial charge in [0.2, 0.25) is 5.92 Å². The van der Waals surface area contributed by atoms with Crippen molar-refractivity contribution >= 4 is 32.5 Å². The van der Waals surface area contributed by atoms with Crippen molar-refractivity contribution in [3.05, 3.63) is 48.0 Å². The fourth-order valence-electron chi connectivity index (χ4n) is 3.84. The predicted octanol–water partition coefficient (Wildman–Crippen LogP) is 3.30. The van der Waals surface area contributed by atoms with Gasteiger partial charge in [-0.05, 0) is 37.0 Å². The van der Waals surface area contributed by atoms with Crippen molar-refractivity contribution in [3.8, 4) is 0 Å². The Labute approximate surface area is 181 Å². The first kappa shape index (κ1) is 22.2. The van der Waals surface area contributed by atoms with E-state index in [1.165, 1.54) is 35.1 Å². The molecule has 3 aromatic rings. The fraction of sp³-hybridized carbons (Fsp3) is 0.350. The highest BCUT2D eigenvalue weighted by Gasteiger charge is 2.35. The maximum atomic E-state index is 13.7. The van der Waals surface area contributed by atoms with E-state index in [1.54, 1.807) is 0 Å². The van der Waals surface area contributed by atoms with Gasteiger partial charge in [0.25, 0.3) is 15.9 Å². The molecule has 0 aliphatic heterocycles. The maximum Gasteiger partial charge on any atom is 0.274 e. The summed E-state index contributed by atoms with van der Waals surface area (Å²) in [4.78, 5) is 16.8. The van der Waals surface area contributed by atoms with Gasteiger partial charge in [-0.3, -0.25) is 9.48 Å². The Kier molecular flexibility index (Phi) is 5.67. The number of aromatic nitrogens is 3. The summed E-state index contributed by atoms with van der Waals surface area (Å²) < 4.78 is 65.2. The van der Waals surface area contributed by atoms with E-state index in [0.29, 0.717) is 5.39 Å². The maximum absolute atomic E-state index is 13.7. The number of nitrogens with zero attached hydrogens (tertiary/aromatic N) is 3. The van der Waals surface area contributed by atoms with Crippen molar-refractivity contribution in [2.24, 2.45) is 11.1 Å². The molecule has 0 bridgehead atoms. The van der Waals surface area contributed by atoms with E-state index in [-0.39, 0.29) is 55.0 Å². The number of primary sulfonamides is 1. The van der Waals surface area contributed by atoms with Gasteiger partial charge in [-0.15, -0.1) is 0 Å². The van der Waals surface area contributed by atoms with Crippen molar-refractivity contribution in [1.82, 2.24) is 14.8 Å². The average molecular weight is 467 g/mol. The lowest BCUT2D eigenvalue weighted by Gasteiger charge is -2.28. The summed E-state index contributed by atoms with van der Waals surface area (Å²) in [6.45, 7) is 0.216. The van der Waals surface area contributed by atoms with Crippen LogP contribution in [0.1, 0.15) is 36.2 Å². The first-order valence-corrected chi connectivity index (χ1v) is 11.4. The standard InChI is InChI=1S/C20H20F3N5O3S/c21-13-1-2-15-16(9-13)27-28(11-12-3-6-20(22,23)7-4-12)18(15)19(29)26-14-5-8-25-17(10-14)32(24,30)31/h1-2,5,8-10,12H,3-4,6-7,11H2,(H2,24,30,31)(H,25,26,29). The number of hydrogen-bond acceptors (Lipinski definition) is 5. The molecule has 1 aliphatic carbocycles. The summed E-state index contributed by atoms with van der Waals surface area (Å²) in [6.07, 6.45) is 1.27. The molecule has 4 rings (SSSR count). The molecular weight excluding hydrogens is 447 g/mol. The van der Waals surface area contributed by atoms with Crippen LogP contribution < -0.4 is 10.5 Å². The quantitative estimate of drug-likeness (QED) is 0.597. The molecule has 0 saturated heterocycles. The van der Waals surface area contributed by atoms with E-state index in [2.05, 4.69) is 15.4 Å². The van der Waals surface area contributed by atoms with Gasteiger partial charge in [-0.1, -0.05) is 0 Å². The monoisotopic (exact) mass is 467 g/mol. The zero-order valence-electron chi connectivity index (χ0n) is 16.8. The van der Waals surface area contributed by atoms with Crippen LogP contribution in [-0.4, -0.2) is 35.0 Å². The number of rotatable bonds is 5. The molecule has 12 heteroatoms. The molecule has 2 aromatic heterocycles. The lowest BCUT2D eigenvalue weighted by atomic mass is 9.87. The molecule has 0 spiro atoms. The van der Waals surface area contributed by atoms with Gasteiger partial charge < -0.3 is 5.32 Å². The third-order valence-electron chi connectivity index (χ3n) is 5.47. The van der Waals surface area contributed by atoms with Crippen molar-refractivity contribution in [2.45, 2.75) is 43.2 Å². The Hall–Kier alpha value is -2.99. The highest BCUT2D eigenvalue weighted by Crippen LogP contribution is 2.37. The molecule has 2 heterocycles. The highest BCUT2D eigenvalue weighted by atomic mass is 32.2. The fourth-order valence-corrected chi connectivity index (χ4v) is 4.34. The second kappa shape index (κ2) is 8.17. The number of pyridine rings is 1. The Balaban J connectivity index is 1.66. The highest BCUT2D eigenvalue weighted by molar-refractivity contribution is 7.89. The lowest BCUT2D eigenvalue weighted by molar-refractivity contribution is -0.0476. The topological polar surface area (TPSA) is 120 Å². The zero-order valence-corrected chi connectivity index (χ0v) is 17.6. The number of carbonyl (C=O) groups excluding carboxylic acids is 1. The molecule has 1 saturated carbocycles. The van der Waals surface area contributed by atoms with E-state index in [0.717, 1.165) is 6.07 Å². The van der Waals surface area contributed by atoms with Crippen molar-refractivity contribution in [1.29, 1.82) is 0 Å². The number of nitrogens with one attached hydrogen (secondary N) is 1. The average Bonchev–Trinajstić information content (AvgIpc) is 3.06. The van der Waals surface area contributed by atoms with Gasteiger partial charge in [-0.25, -0.2) is 31.7 Å². The SMILES string of the molecule is NS(=O)(=O)c1cc(NC(=O)c2c3ccc(F)cc3nn2CC2CCC(F)(F)CC2)ccn1. The summed E-state index contributed by atoms with van der Waals surface area (Å²) in [5.41, 5.74) is 0.497. The van der Waals surface area contributed by atoms with E-state index in [4.69, 9.17) is 5.14 Å². The Bertz CT molecular complexity index is 1280. The largest absolute Gasteiger partial charge is 0.320 e. The van der Waals surface area contributed by atoms with Crippen LogP contribution in [0, 0.1) is 11.7 Å². The molecule has 1 amide bonds. The van der Waals surface area contributed by atoms with Crippen LogP contribution in [0.3, 0.4) is 0 Å². The molecule has 1 aliphatic rings. The summed E-state index contributed by atoms with van der Waals surface area (Å²) in [6, 6.07) is 6.29. The summed E-state index contributed by atoms with van der Waals surface area (Å²) >= 11 is 0. The number of anilines is 1. The number of benzene rings is 1. The minimum absolute atomic E-state index is 0.116. The Morgan fingerprint density at radius 3 is 2.62 bits per heavy atom. The predicted molar refractivity (Wildman–Crippen MR) is 110 cm³/mol. The van der Waals surface area contributed by atoms with Crippen LogP contribution in [0.25, 0.3) is 10.9 Å². The number of halogens is 3. The van der Waals surface area contributed by atoms with E-state index >= 15 is 0 Å². The number of sulfonamides is 1. The number of alkyl halides is 2. The van der Waals surface area contributed by atoms with Crippen LogP contribution in [0.15, 0.2) is 41.6 Å². The lowest BCUT2D eigenvalue weighted by Crippen LogP contribution is -2.28. The smallest absolute Gasteiger partial charge is 0.274 e. The molecule has 1 fully saturated rings. The number of amides is 1. The molecule has 32 heavy (non-hydrogen) atoms. The Morgan fingerprint density at radius 2 is 1.94 bits per heavy atom. The number of carbonyl (C=O) groups is 1. The first-order chi connectivity index (χ1) is 15.0. The first-order valence-electron chi connectivity index (χ1n) is 9.86. The van der Waals surface area contributed by atoms with Gasteiger partial charge >= 0.3 is 0 Å². The second-order valence-electron chi connectivity index (χ2n) is 7.87. The third-order valence-corrected chi connectivity index (χ3v) is 6.27. The van der Waals surface area contributed by atoms with E-state index in [9.17, 15) is 26.4 Å². The molecule has 3 N–H and O–H groups in total. The number of hydrogen-bond donors (Lipinski definition) is 2. The minimum atomic E-state index is -4.07. The Morgan fingerprint density at radius 1 is 1.22 bits per heavy atom. The minimum Gasteiger partial charge on any atom is -0.320 e. The molecule has 0 unspecified atom stereocenters. The van der Waals surface area contributed by atoms with Crippen LogP contribution in [0.5, 0.6) is 0 Å². The molecule has 0 atom stereocenters. The van der Waals surface area contributed by atoms with E-state index < -0.39 is 32.7 Å². The van der Waals surface area contributed by atoms with Crippen molar-refractivity contribution in [3.63, 3.8) is 0 Å².